The van der Waals surface area contributed by atoms with Crippen LogP contribution < -0.4 is 4.74 Å². The second-order valence-corrected chi connectivity index (χ2v) is 6.35. The predicted octanol–water partition coefficient (Wildman–Crippen LogP) is 2.15. The van der Waals surface area contributed by atoms with Gasteiger partial charge in [0.05, 0.1) is 0 Å². The first kappa shape index (κ1) is 14.8. The average molecular weight is 281 g/mol. The summed E-state index contributed by atoms with van der Waals surface area (Å²) >= 11 is 0. The van der Waals surface area contributed by atoms with Crippen molar-refractivity contribution in [1.29, 1.82) is 0 Å². The lowest BCUT2D eigenvalue weighted by molar-refractivity contribution is -0.137. The Morgan fingerprint density at radius 1 is 1.45 bits per heavy atom. The van der Waals surface area contributed by atoms with Gasteiger partial charge in [0.2, 0.25) is 0 Å². The van der Waals surface area contributed by atoms with Crippen LogP contribution in [0.2, 0.25) is 0 Å². The van der Waals surface area contributed by atoms with E-state index in [0.717, 1.165) is 19.4 Å². The topological polar surface area (TPSA) is 68.5 Å². The van der Waals surface area contributed by atoms with Crippen molar-refractivity contribution in [1.82, 2.24) is 15.0 Å². The van der Waals surface area contributed by atoms with E-state index in [2.05, 4.69) is 17.1 Å². The molecule has 6 heteroatoms. The highest BCUT2D eigenvalue weighted by Crippen LogP contribution is 2.21. The van der Waals surface area contributed by atoms with Crippen molar-refractivity contribution in [2.24, 2.45) is 0 Å². The van der Waals surface area contributed by atoms with Gasteiger partial charge in [0.25, 0.3) is 5.91 Å². The molecule has 2 heterocycles. The number of piperidine rings is 1. The molecule has 1 atom stereocenters. The molecular weight excluding hydrogens is 258 g/mol. The van der Waals surface area contributed by atoms with Crippen LogP contribution in [-0.2, 0) is 10.2 Å². The zero-order valence-electron chi connectivity index (χ0n) is 12.7. The molecule has 2 rings (SSSR count). The van der Waals surface area contributed by atoms with E-state index >= 15 is 0 Å². The summed E-state index contributed by atoms with van der Waals surface area (Å²) in [5, 5.41) is 3.86. The lowest BCUT2D eigenvalue weighted by atomic mass is 9.96. The Balaban J connectivity index is 1.88. The van der Waals surface area contributed by atoms with Crippen molar-refractivity contribution in [2.75, 3.05) is 13.2 Å². The SMILES string of the molecule is C[C@H]1CCCCN1C(=O)COc1nc(C(C)(C)C)no1. The van der Waals surface area contributed by atoms with Crippen molar-refractivity contribution in [3.8, 4) is 6.08 Å². The molecule has 112 valence electrons. The Morgan fingerprint density at radius 2 is 2.20 bits per heavy atom. The van der Waals surface area contributed by atoms with E-state index in [1.165, 1.54) is 6.42 Å². The molecule has 0 saturated carbocycles. The van der Waals surface area contributed by atoms with Crippen LogP contribution in [0.15, 0.2) is 4.52 Å². The van der Waals surface area contributed by atoms with E-state index in [0.29, 0.717) is 5.82 Å². The highest BCUT2D eigenvalue weighted by molar-refractivity contribution is 5.78. The van der Waals surface area contributed by atoms with Gasteiger partial charge in [0.1, 0.15) is 0 Å². The van der Waals surface area contributed by atoms with Gasteiger partial charge in [-0.15, -0.1) is 0 Å². The molecule has 20 heavy (non-hydrogen) atoms. The Bertz CT molecular complexity index is 464. The number of hydrogen-bond acceptors (Lipinski definition) is 5. The van der Waals surface area contributed by atoms with Gasteiger partial charge in [-0.3, -0.25) is 9.32 Å². The van der Waals surface area contributed by atoms with Crippen LogP contribution in [0.4, 0.5) is 0 Å². The minimum atomic E-state index is -0.198. The van der Waals surface area contributed by atoms with Crippen LogP contribution in [0, 0.1) is 0 Å². The molecule has 1 amide bonds. The lowest BCUT2D eigenvalue weighted by Gasteiger charge is -2.33. The molecular formula is C14H23N3O3. The second kappa shape index (κ2) is 5.81. The number of rotatable bonds is 3. The van der Waals surface area contributed by atoms with E-state index in [1.54, 1.807) is 0 Å². The van der Waals surface area contributed by atoms with Gasteiger partial charge in [-0.1, -0.05) is 25.9 Å². The minimum Gasteiger partial charge on any atom is -0.439 e. The van der Waals surface area contributed by atoms with E-state index in [4.69, 9.17) is 9.26 Å². The van der Waals surface area contributed by atoms with Crippen LogP contribution in [-0.4, -0.2) is 40.1 Å². The highest BCUT2D eigenvalue weighted by atomic mass is 16.6. The van der Waals surface area contributed by atoms with Crippen LogP contribution in [0.5, 0.6) is 6.08 Å². The summed E-state index contributed by atoms with van der Waals surface area (Å²) in [6, 6.07) is 0.285. The summed E-state index contributed by atoms with van der Waals surface area (Å²) in [5.41, 5.74) is -0.198. The fraction of sp³-hybridized carbons (Fsp3) is 0.786. The predicted molar refractivity (Wildman–Crippen MR) is 73.5 cm³/mol. The first-order valence-corrected chi connectivity index (χ1v) is 7.14. The molecule has 6 nitrogen and oxygen atoms in total. The molecule has 0 aromatic carbocycles. The van der Waals surface area contributed by atoms with E-state index in [-0.39, 0.29) is 30.0 Å². The smallest absolute Gasteiger partial charge is 0.417 e. The number of aromatic nitrogens is 2. The van der Waals surface area contributed by atoms with E-state index < -0.39 is 0 Å². The first-order chi connectivity index (χ1) is 9.38. The van der Waals surface area contributed by atoms with Gasteiger partial charge in [0, 0.05) is 18.0 Å². The number of nitrogens with zero attached hydrogens (tertiary/aromatic N) is 3. The van der Waals surface area contributed by atoms with E-state index in [1.807, 2.05) is 25.7 Å². The molecule has 1 aliphatic rings. The molecule has 0 unspecified atom stereocenters. The zero-order valence-corrected chi connectivity index (χ0v) is 12.7. The molecule has 0 bridgehead atoms. The number of likely N-dealkylation sites (tertiary alicyclic amines) is 1. The van der Waals surface area contributed by atoms with Gasteiger partial charge in [0.15, 0.2) is 12.4 Å². The number of amides is 1. The molecule has 0 N–H and O–H groups in total. The Morgan fingerprint density at radius 3 is 2.80 bits per heavy atom. The van der Waals surface area contributed by atoms with Gasteiger partial charge in [-0.2, -0.15) is 4.98 Å². The fourth-order valence-electron chi connectivity index (χ4n) is 2.25. The largest absolute Gasteiger partial charge is 0.439 e. The summed E-state index contributed by atoms with van der Waals surface area (Å²) in [4.78, 5) is 18.1. The Kier molecular flexibility index (Phi) is 4.30. The average Bonchev–Trinajstić information content (AvgIpc) is 2.85. The molecule has 1 aromatic rings. The van der Waals surface area contributed by atoms with Gasteiger partial charge in [-0.25, -0.2) is 0 Å². The standard InChI is InChI=1S/C14H23N3O3/c1-10-7-5-6-8-17(10)11(18)9-19-13-15-12(16-20-13)14(2,3)4/h10H,5-9H2,1-4H3/t10-/m0/s1. The molecule has 1 aliphatic heterocycles. The van der Waals surface area contributed by atoms with Crippen LogP contribution in [0.1, 0.15) is 52.8 Å². The second-order valence-electron chi connectivity index (χ2n) is 6.35. The van der Waals surface area contributed by atoms with Crippen molar-refractivity contribution in [3.63, 3.8) is 0 Å². The summed E-state index contributed by atoms with van der Waals surface area (Å²) < 4.78 is 10.3. The fourth-order valence-corrected chi connectivity index (χ4v) is 2.25. The Labute approximate surface area is 119 Å². The third-order valence-corrected chi connectivity index (χ3v) is 3.52. The quantitative estimate of drug-likeness (QED) is 0.849. The third-order valence-electron chi connectivity index (χ3n) is 3.52. The summed E-state index contributed by atoms with van der Waals surface area (Å²) in [6.07, 6.45) is 3.36. The van der Waals surface area contributed by atoms with Crippen molar-refractivity contribution < 1.29 is 14.1 Å². The van der Waals surface area contributed by atoms with Crippen LogP contribution in [0.3, 0.4) is 0 Å². The lowest BCUT2D eigenvalue weighted by Crippen LogP contribution is -2.44. The van der Waals surface area contributed by atoms with Crippen molar-refractivity contribution in [2.45, 2.75) is 58.4 Å². The van der Waals surface area contributed by atoms with Crippen LogP contribution >= 0.6 is 0 Å². The van der Waals surface area contributed by atoms with Gasteiger partial charge in [-0.05, 0) is 26.2 Å². The molecule has 0 radical (unpaired) electrons. The van der Waals surface area contributed by atoms with Crippen molar-refractivity contribution >= 4 is 5.91 Å². The maximum absolute atomic E-state index is 12.1. The number of carbonyl (C=O) groups is 1. The molecule has 1 aromatic heterocycles. The monoisotopic (exact) mass is 281 g/mol. The summed E-state index contributed by atoms with van der Waals surface area (Å²) in [6.45, 7) is 8.80. The number of ether oxygens (including phenoxy) is 1. The zero-order chi connectivity index (χ0) is 14.8. The van der Waals surface area contributed by atoms with E-state index in [9.17, 15) is 4.79 Å². The van der Waals surface area contributed by atoms with Gasteiger partial charge < -0.3 is 9.64 Å². The maximum atomic E-state index is 12.1. The highest BCUT2D eigenvalue weighted by Gasteiger charge is 2.25. The molecule has 1 saturated heterocycles. The summed E-state index contributed by atoms with van der Waals surface area (Å²) in [7, 11) is 0. The third kappa shape index (κ3) is 3.49. The molecule has 0 spiro atoms. The van der Waals surface area contributed by atoms with Gasteiger partial charge >= 0.3 is 6.08 Å². The number of hydrogen-bond donors (Lipinski definition) is 0. The normalized spacial score (nSPS) is 20.0. The maximum Gasteiger partial charge on any atom is 0.417 e. The Hall–Kier alpha value is -1.59. The van der Waals surface area contributed by atoms with Crippen molar-refractivity contribution in [3.05, 3.63) is 5.82 Å². The number of carbonyl (C=O) groups excluding carboxylic acids is 1. The molecule has 1 fully saturated rings. The summed E-state index contributed by atoms with van der Waals surface area (Å²) in [5.74, 6) is 0.555. The first-order valence-electron chi connectivity index (χ1n) is 7.14. The molecule has 0 aliphatic carbocycles. The van der Waals surface area contributed by atoms with Crippen LogP contribution in [0.25, 0.3) is 0 Å². The minimum absolute atomic E-state index is 0.0206.